The molecule has 3 unspecified atom stereocenters. The minimum absolute atomic E-state index is 0.471. The van der Waals surface area contributed by atoms with Gasteiger partial charge in [0, 0.05) is 18.6 Å². The van der Waals surface area contributed by atoms with Gasteiger partial charge in [-0.25, -0.2) is 0 Å². The van der Waals surface area contributed by atoms with Crippen LogP contribution < -0.4 is 5.32 Å². The summed E-state index contributed by atoms with van der Waals surface area (Å²) in [4.78, 5) is 2.77. The molecule has 2 heteroatoms. The molecule has 2 saturated heterocycles. The summed E-state index contributed by atoms with van der Waals surface area (Å²) in [6, 6.07) is 0. The van der Waals surface area contributed by atoms with Gasteiger partial charge in [0.15, 0.2) is 0 Å². The van der Waals surface area contributed by atoms with E-state index in [2.05, 4.69) is 31.0 Å². The van der Waals surface area contributed by atoms with E-state index >= 15 is 0 Å². The molecule has 0 aliphatic carbocycles. The molecule has 0 aromatic rings. The van der Waals surface area contributed by atoms with E-state index in [0.717, 1.165) is 11.8 Å². The minimum Gasteiger partial charge on any atom is -0.316 e. The van der Waals surface area contributed by atoms with Gasteiger partial charge in [-0.05, 0) is 44.7 Å². The lowest BCUT2D eigenvalue weighted by Gasteiger charge is -2.39. The van der Waals surface area contributed by atoms with E-state index in [0.29, 0.717) is 5.54 Å². The van der Waals surface area contributed by atoms with Crippen molar-refractivity contribution in [1.82, 2.24) is 10.2 Å². The molecule has 2 nitrogen and oxygen atoms in total. The monoisotopic (exact) mass is 210 g/mol. The van der Waals surface area contributed by atoms with Crippen LogP contribution in [0.15, 0.2) is 0 Å². The van der Waals surface area contributed by atoms with Crippen molar-refractivity contribution in [2.24, 2.45) is 11.8 Å². The maximum absolute atomic E-state index is 3.52. The Morgan fingerprint density at radius 2 is 1.80 bits per heavy atom. The molecule has 88 valence electrons. The number of nitrogens with zero attached hydrogens (tertiary/aromatic N) is 1. The Kier molecular flexibility index (Phi) is 3.36. The van der Waals surface area contributed by atoms with E-state index < -0.39 is 0 Å². The molecule has 0 radical (unpaired) electrons. The average Bonchev–Trinajstić information content (AvgIpc) is 2.77. The summed E-state index contributed by atoms with van der Waals surface area (Å²) in [5, 5.41) is 3.52. The SMILES string of the molecule is CCCC(C)(CC)N1CC2CNCC2C1. The van der Waals surface area contributed by atoms with Crippen LogP contribution in [0.25, 0.3) is 0 Å². The van der Waals surface area contributed by atoms with E-state index in [1.807, 2.05) is 0 Å². The van der Waals surface area contributed by atoms with Gasteiger partial charge in [-0.3, -0.25) is 4.90 Å². The predicted octanol–water partition coefficient (Wildman–Crippen LogP) is 2.11. The van der Waals surface area contributed by atoms with Crippen LogP contribution in [0.5, 0.6) is 0 Å². The molecule has 0 aromatic heterocycles. The van der Waals surface area contributed by atoms with Crippen LogP contribution in [-0.2, 0) is 0 Å². The first kappa shape index (κ1) is 11.4. The second kappa shape index (κ2) is 4.42. The molecule has 2 heterocycles. The Bertz CT molecular complexity index is 205. The molecule has 0 amide bonds. The minimum atomic E-state index is 0.471. The van der Waals surface area contributed by atoms with Crippen molar-refractivity contribution in [1.29, 1.82) is 0 Å². The van der Waals surface area contributed by atoms with Crippen LogP contribution >= 0.6 is 0 Å². The summed E-state index contributed by atoms with van der Waals surface area (Å²) >= 11 is 0. The third kappa shape index (κ3) is 2.07. The summed E-state index contributed by atoms with van der Waals surface area (Å²) in [5.41, 5.74) is 0.471. The Morgan fingerprint density at radius 3 is 2.27 bits per heavy atom. The van der Waals surface area contributed by atoms with Gasteiger partial charge in [0.05, 0.1) is 0 Å². The first-order valence-corrected chi connectivity index (χ1v) is 6.65. The molecule has 2 aliphatic heterocycles. The van der Waals surface area contributed by atoms with Gasteiger partial charge in [0.1, 0.15) is 0 Å². The van der Waals surface area contributed by atoms with E-state index in [4.69, 9.17) is 0 Å². The quantitative estimate of drug-likeness (QED) is 0.764. The summed E-state index contributed by atoms with van der Waals surface area (Å²) in [5.74, 6) is 1.88. The first-order valence-electron chi connectivity index (χ1n) is 6.65. The van der Waals surface area contributed by atoms with Crippen LogP contribution in [0.4, 0.5) is 0 Å². The summed E-state index contributed by atoms with van der Waals surface area (Å²) in [6.07, 6.45) is 3.97. The van der Waals surface area contributed by atoms with E-state index in [-0.39, 0.29) is 0 Å². The second-order valence-corrected chi connectivity index (χ2v) is 5.68. The normalized spacial score (nSPS) is 35.4. The van der Waals surface area contributed by atoms with Crippen LogP contribution in [0, 0.1) is 11.8 Å². The highest BCUT2D eigenvalue weighted by Gasteiger charge is 2.42. The Labute approximate surface area is 94.4 Å². The largest absolute Gasteiger partial charge is 0.316 e. The maximum Gasteiger partial charge on any atom is 0.0179 e. The fraction of sp³-hybridized carbons (Fsp3) is 1.00. The zero-order chi connectivity index (χ0) is 10.9. The van der Waals surface area contributed by atoms with Crippen molar-refractivity contribution in [3.05, 3.63) is 0 Å². The van der Waals surface area contributed by atoms with Crippen molar-refractivity contribution >= 4 is 0 Å². The van der Waals surface area contributed by atoms with Crippen molar-refractivity contribution < 1.29 is 0 Å². The molecular formula is C13H26N2. The van der Waals surface area contributed by atoms with E-state index in [1.165, 1.54) is 45.4 Å². The highest BCUT2D eigenvalue weighted by Crippen LogP contribution is 2.35. The molecule has 2 fully saturated rings. The highest BCUT2D eigenvalue weighted by molar-refractivity contribution is 4.97. The number of hydrogen-bond acceptors (Lipinski definition) is 2. The lowest BCUT2D eigenvalue weighted by molar-refractivity contribution is 0.109. The number of likely N-dealkylation sites (tertiary alicyclic amines) is 1. The fourth-order valence-electron chi connectivity index (χ4n) is 3.39. The molecule has 0 bridgehead atoms. The maximum atomic E-state index is 3.52. The fourth-order valence-corrected chi connectivity index (χ4v) is 3.39. The number of fused-ring (bicyclic) bond motifs is 1. The number of hydrogen-bond donors (Lipinski definition) is 1. The van der Waals surface area contributed by atoms with E-state index in [1.54, 1.807) is 0 Å². The molecule has 0 saturated carbocycles. The Balaban J connectivity index is 1.99. The van der Waals surface area contributed by atoms with Gasteiger partial charge >= 0.3 is 0 Å². The zero-order valence-corrected chi connectivity index (χ0v) is 10.6. The van der Waals surface area contributed by atoms with Crippen LogP contribution in [0.3, 0.4) is 0 Å². The lowest BCUT2D eigenvalue weighted by Crippen LogP contribution is -2.45. The van der Waals surface area contributed by atoms with Gasteiger partial charge in [-0.15, -0.1) is 0 Å². The highest BCUT2D eigenvalue weighted by atomic mass is 15.2. The summed E-state index contributed by atoms with van der Waals surface area (Å²) in [7, 11) is 0. The molecule has 2 aliphatic rings. The number of rotatable bonds is 4. The molecule has 3 atom stereocenters. The van der Waals surface area contributed by atoms with Crippen molar-refractivity contribution in [3.8, 4) is 0 Å². The summed E-state index contributed by atoms with van der Waals surface area (Å²) in [6.45, 7) is 12.3. The van der Waals surface area contributed by atoms with Crippen molar-refractivity contribution in [2.45, 2.75) is 45.6 Å². The average molecular weight is 210 g/mol. The van der Waals surface area contributed by atoms with Crippen LogP contribution in [0.1, 0.15) is 40.0 Å². The second-order valence-electron chi connectivity index (χ2n) is 5.68. The first-order chi connectivity index (χ1) is 7.19. The van der Waals surface area contributed by atoms with Gasteiger partial charge in [-0.1, -0.05) is 20.3 Å². The van der Waals surface area contributed by atoms with Crippen LogP contribution in [-0.4, -0.2) is 36.6 Å². The molecular weight excluding hydrogens is 184 g/mol. The summed E-state index contributed by atoms with van der Waals surface area (Å²) < 4.78 is 0. The number of nitrogens with one attached hydrogen (secondary N) is 1. The standard InChI is InChI=1S/C13H26N2/c1-4-6-13(3,5-2)15-9-11-7-14-8-12(11)10-15/h11-12,14H,4-10H2,1-3H3. The van der Waals surface area contributed by atoms with Crippen molar-refractivity contribution in [2.75, 3.05) is 26.2 Å². The van der Waals surface area contributed by atoms with E-state index in [9.17, 15) is 0 Å². The third-order valence-corrected chi connectivity index (χ3v) is 4.70. The molecule has 2 rings (SSSR count). The van der Waals surface area contributed by atoms with Gasteiger partial charge < -0.3 is 5.32 Å². The van der Waals surface area contributed by atoms with Crippen LogP contribution in [0.2, 0.25) is 0 Å². The van der Waals surface area contributed by atoms with Gasteiger partial charge in [0.25, 0.3) is 0 Å². The molecule has 15 heavy (non-hydrogen) atoms. The Morgan fingerprint density at radius 1 is 1.20 bits per heavy atom. The lowest BCUT2D eigenvalue weighted by atomic mass is 9.91. The molecule has 0 spiro atoms. The molecule has 0 aromatic carbocycles. The predicted molar refractivity (Wildman–Crippen MR) is 65.0 cm³/mol. The van der Waals surface area contributed by atoms with Crippen molar-refractivity contribution in [3.63, 3.8) is 0 Å². The Hall–Kier alpha value is -0.0800. The third-order valence-electron chi connectivity index (χ3n) is 4.70. The molecule has 1 N–H and O–H groups in total. The zero-order valence-electron chi connectivity index (χ0n) is 10.6. The van der Waals surface area contributed by atoms with Gasteiger partial charge in [0.2, 0.25) is 0 Å². The smallest absolute Gasteiger partial charge is 0.0179 e. The van der Waals surface area contributed by atoms with Gasteiger partial charge in [-0.2, -0.15) is 0 Å². The topological polar surface area (TPSA) is 15.3 Å².